The van der Waals surface area contributed by atoms with Crippen molar-refractivity contribution in [1.29, 1.82) is 0 Å². The quantitative estimate of drug-likeness (QED) is 0.910. The zero-order valence-electron chi connectivity index (χ0n) is 12.1. The van der Waals surface area contributed by atoms with E-state index in [0.717, 1.165) is 12.1 Å². The van der Waals surface area contributed by atoms with Crippen LogP contribution in [0.4, 0.5) is 8.78 Å². The molecule has 0 aliphatic heterocycles. The minimum absolute atomic E-state index is 0.190. The van der Waals surface area contributed by atoms with E-state index < -0.39 is 11.6 Å². The Labute approximate surface area is 121 Å². The number of aromatic amines is 1. The van der Waals surface area contributed by atoms with Crippen LogP contribution in [0.1, 0.15) is 35.6 Å². The number of hydrogen-bond donors (Lipinski definition) is 2. The maximum atomic E-state index is 13.1. The standard InChI is InChI=1S/C15H17F2N3O/c1-8(14-9(2)19-10(3)20-15(14)21)18-7-11-4-5-12(16)13(17)6-11/h4-6,8,18H,7H2,1-3H3,(H,19,20,21). The summed E-state index contributed by atoms with van der Waals surface area (Å²) in [5, 5.41) is 3.11. The molecule has 0 amide bonds. The summed E-state index contributed by atoms with van der Waals surface area (Å²) in [4.78, 5) is 18.9. The van der Waals surface area contributed by atoms with Gasteiger partial charge in [0.25, 0.3) is 5.56 Å². The molecule has 1 aromatic carbocycles. The number of aromatic nitrogens is 2. The van der Waals surface area contributed by atoms with Crippen LogP contribution in [0.5, 0.6) is 0 Å². The fourth-order valence-corrected chi connectivity index (χ4v) is 2.27. The lowest BCUT2D eigenvalue weighted by Crippen LogP contribution is -2.27. The van der Waals surface area contributed by atoms with Crippen molar-refractivity contribution in [1.82, 2.24) is 15.3 Å². The van der Waals surface area contributed by atoms with Gasteiger partial charge in [0.1, 0.15) is 5.82 Å². The van der Waals surface area contributed by atoms with E-state index >= 15 is 0 Å². The molecule has 112 valence electrons. The second kappa shape index (κ2) is 6.13. The molecule has 0 spiro atoms. The van der Waals surface area contributed by atoms with Gasteiger partial charge in [-0.05, 0) is 38.5 Å². The fraction of sp³-hybridized carbons (Fsp3) is 0.333. The van der Waals surface area contributed by atoms with Crippen molar-refractivity contribution < 1.29 is 8.78 Å². The number of rotatable bonds is 4. The number of nitrogens with zero attached hydrogens (tertiary/aromatic N) is 1. The highest BCUT2D eigenvalue weighted by molar-refractivity contribution is 5.21. The first kappa shape index (κ1) is 15.3. The molecule has 0 saturated carbocycles. The van der Waals surface area contributed by atoms with Crippen molar-refractivity contribution in [3.05, 3.63) is 62.8 Å². The summed E-state index contributed by atoms with van der Waals surface area (Å²) in [5.41, 5.74) is 1.62. The molecule has 4 nitrogen and oxygen atoms in total. The Kier molecular flexibility index (Phi) is 4.47. The topological polar surface area (TPSA) is 57.8 Å². The Morgan fingerprint density at radius 3 is 2.62 bits per heavy atom. The van der Waals surface area contributed by atoms with Crippen LogP contribution in [-0.4, -0.2) is 9.97 Å². The molecule has 0 radical (unpaired) electrons. The molecule has 0 aliphatic carbocycles. The Bertz CT molecular complexity index is 713. The second-order valence-electron chi connectivity index (χ2n) is 5.00. The average molecular weight is 293 g/mol. The van der Waals surface area contributed by atoms with Crippen molar-refractivity contribution in [2.45, 2.75) is 33.4 Å². The van der Waals surface area contributed by atoms with Crippen LogP contribution in [0.2, 0.25) is 0 Å². The van der Waals surface area contributed by atoms with E-state index in [1.165, 1.54) is 6.07 Å². The monoisotopic (exact) mass is 293 g/mol. The first-order valence-corrected chi connectivity index (χ1v) is 6.63. The predicted molar refractivity (Wildman–Crippen MR) is 75.9 cm³/mol. The fourth-order valence-electron chi connectivity index (χ4n) is 2.27. The molecule has 2 aromatic rings. The Balaban J connectivity index is 2.13. The third-order valence-corrected chi connectivity index (χ3v) is 3.29. The number of benzene rings is 1. The number of H-pyrrole nitrogens is 1. The lowest BCUT2D eigenvalue weighted by Gasteiger charge is -2.15. The molecule has 2 N–H and O–H groups in total. The van der Waals surface area contributed by atoms with Gasteiger partial charge in [-0.1, -0.05) is 6.07 Å². The van der Waals surface area contributed by atoms with Gasteiger partial charge >= 0.3 is 0 Å². The number of nitrogens with one attached hydrogen (secondary N) is 2. The van der Waals surface area contributed by atoms with E-state index in [1.807, 2.05) is 6.92 Å². The van der Waals surface area contributed by atoms with Crippen LogP contribution >= 0.6 is 0 Å². The molecule has 2 rings (SSSR count). The molecule has 21 heavy (non-hydrogen) atoms. The number of halogens is 2. The largest absolute Gasteiger partial charge is 0.310 e. The predicted octanol–water partition coefficient (Wildman–Crippen LogP) is 2.52. The Hall–Kier alpha value is -2.08. The zero-order valence-corrected chi connectivity index (χ0v) is 12.1. The van der Waals surface area contributed by atoms with Gasteiger partial charge in [-0.25, -0.2) is 13.8 Å². The van der Waals surface area contributed by atoms with E-state index in [-0.39, 0.29) is 11.6 Å². The normalized spacial score (nSPS) is 12.4. The Morgan fingerprint density at radius 1 is 1.29 bits per heavy atom. The summed E-state index contributed by atoms with van der Waals surface area (Å²) in [6.45, 7) is 5.64. The van der Waals surface area contributed by atoms with Crippen LogP contribution in [0, 0.1) is 25.5 Å². The van der Waals surface area contributed by atoms with E-state index in [0.29, 0.717) is 29.2 Å². The third-order valence-electron chi connectivity index (χ3n) is 3.29. The van der Waals surface area contributed by atoms with Crippen LogP contribution in [0.3, 0.4) is 0 Å². The van der Waals surface area contributed by atoms with Crippen molar-refractivity contribution in [2.75, 3.05) is 0 Å². The van der Waals surface area contributed by atoms with Gasteiger partial charge in [-0.2, -0.15) is 0 Å². The molecule has 6 heteroatoms. The molecular weight excluding hydrogens is 276 g/mol. The average Bonchev–Trinajstić information content (AvgIpc) is 2.39. The van der Waals surface area contributed by atoms with Crippen LogP contribution in [0.15, 0.2) is 23.0 Å². The number of hydrogen-bond acceptors (Lipinski definition) is 3. The van der Waals surface area contributed by atoms with Crippen LogP contribution in [-0.2, 0) is 6.54 Å². The smallest absolute Gasteiger partial charge is 0.255 e. The van der Waals surface area contributed by atoms with Gasteiger partial charge < -0.3 is 10.3 Å². The van der Waals surface area contributed by atoms with E-state index in [1.54, 1.807) is 13.8 Å². The minimum atomic E-state index is -0.881. The summed E-state index contributed by atoms with van der Waals surface area (Å²) in [6, 6.07) is 3.47. The molecule has 0 bridgehead atoms. The first-order valence-electron chi connectivity index (χ1n) is 6.63. The highest BCUT2D eigenvalue weighted by atomic mass is 19.2. The zero-order chi connectivity index (χ0) is 15.6. The summed E-state index contributed by atoms with van der Waals surface area (Å²) in [7, 11) is 0. The SMILES string of the molecule is Cc1nc(C)c(C(C)NCc2ccc(F)c(F)c2)c(=O)[nH]1. The van der Waals surface area contributed by atoms with Gasteiger partial charge in [0.2, 0.25) is 0 Å². The van der Waals surface area contributed by atoms with E-state index in [2.05, 4.69) is 15.3 Å². The van der Waals surface area contributed by atoms with Gasteiger partial charge in [0.15, 0.2) is 11.6 Å². The molecular formula is C15H17F2N3O. The molecule has 1 atom stereocenters. The van der Waals surface area contributed by atoms with Gasteiger partial charge in [0, 0.05) is 18.3 Å². The van der Waals surface area contributed by atoms with Gasteiger partial charge in [-0.3, -0.25) is 4.79 Å². The van der Waals surface area contributed by atoms with Crippen LogP contribution < -0.4 is 10.9 Å². The summed E-state index contributed by atoms with van der Waals surface area (Å²) in [5.74, 6) is -1.19. The third kappa shape index (κ3) is 3.52. The second-order valence-corrected chi connectivity index (χ2v) is 5.00. The minimum Gasteiger partial charge on any atom is -0.310 e. The summed E-state index contributed by atoms with van der Waals surface area (Å²) >= 11 is 0. The summed E-state index contributed by atoms with van der Waals surface area (Å²) < 4.78 is 26.0. The van der Waals surface area contributed by atoms with Crippen molar-refractivity contribution in [2.24, 2.45) is 0 Å². The summed E-state index contributed by atoms with van der Waals surface area (Å²) in [6.07, 6.45) is 0. The molecule has 0 fully saturated rings. The Morgan fingerprint density at radius 2 is 2.00 bits per heavy atom. The number of aryl methyl sites for hydroxylation is 2. The first-order chi connectivity index (χ1) is 9.88. The molecule has 1 unspecified atom stereocenters. The van der Waals surface area contributed by atoms with Crippen molar-refractivity contribution in [3.63, 3.8) is 0 Å². The molecule has 1 heterocycles. The van der Waals surface area contributed by atoms with Crippen molar-refractivity contribution >= 4 is 0 Å². The molecule has 1 aromatic heterocycles. The maximum absolute atomic E-state index is 13.1. The molecule has 0 aliphatic rings. The highest BCUT2D eigenvalue weighted by Gasteiger charge is 2.14. The van der Waals surface area contributed by atoms with Crippen molar-refractivity contribution in [3.8, 4) is 0 Å². The van der Waals surface area contributed by atoms with E-state index in [9.17, 15) is 13.6 Å². The van der Waals surface area contributed by atoms with E-state index in [4.69, 9.17) is 0 Å². The molecule has 0 saturated heterocycles. The lowest BCUT2D eigenvalue weighted by molar-refractivity contribution is 0.503. The van der Waals surface area contributed by atoms with Crippen LogP contribution in [0.25, 0.3) is 0 Å². The van der Waals surface area contributed by atoms with Gasteiger partial charge in [-0.15, -0.1) is 0 Å². The highest BCUT2D eigenvalue weighted by Crippen LogP contribution is 2.13. The maximum Gasteiger partial charge on any atom is 0.255 e. The lowest BCUT2D eigenvalue weighted by atomic mass is 10.1. The van der Waals surface area contributed by atoms with Gasteiger partial charge in [0.05, 0.1) is 5.56 Å².